The van der Waals surface area contributed by atoms with Crippen molar-refractivity contribution in [2.24, 2.45) is 11.5 Å². The predicted octanol–water partition coefficient (Wildman–Crippen LogP) is 1.90. The first-order valence-electron chi connectivity index (χ1n) is 4.11. The largest absolute Gasteiger partial charge is 0.454 e. The van der Waals surface area contributed by atoms with Gasteiger partial charge in [-0.3, -0.25) is 11.5 Å². The van der Waals surface area contributed by atoms with E-state index in [0.717, 1.165) is 21.1 Å². The van der Waals surface area contributed by atoms with Crippen LogP contribution in [0.3, 0.4) is 0 Å². The van der Waals surface area contributed by atoms with E-state index >= 15 is 0 Å². The van der Waals surface area contributed by atoms with Gasteiger partial charge in [0, 0.05) is 5.56 Å². The minimum atomic E-state index is -1.18. The van der Waals surface area contributed by atoms with E-state index in [4.69, 9.17) is 16.2 Å². The number of rotatable bonds is 0. The van der Waals surface area contributed by atoms with Crippen LogP contribution in [-0.2, 0) is 5.85 Å². The minimum Gasteiger partial charge on any atom is -0.454 e. The Balaban J connectivity index is 2.32. The molecule has 0 bridgehead atoms. The Bertz CT molecular complexity index is 486. The van der Waals surface area contributed by atoms with Crippen molar-refractivity contribution in [3.8, 4) is 15.5 Å². The van der Waals surface area contributed by atoms with Crippen LogP contribution in [0.1, 0.15) is 5.56 Å². The quantitative estimate of drug-likeness (QED) is 0.672. The zero-order chi connectivity index (χ0) is 9.76. The average Bonchev–Trinajstić information content (AvgIpc) is 2.66. The topological polar surface area (TPSA) is 61.3 Å². The summed E-state index contributed by atoms with van der Waals surface area (Å²) in [5, 5.41) is 3.97. The smallest absolute Gasteiger partial charge is 0.241 e. The third kappa shape index (κ3) is 0.978. The molecule has 0 aliphatic carbocycles. The molecule has 0 radical (unpaired) electrons. The first kappa shape index (κ1) is 8.43. The molecule has 5 heteroatoms. The van der Waals surface area contributed by atoms with Gasteiger partial charge in [-0.05, 0) is 22.9 Å². The molecule has 3 rings (SSSR count). The summed E-state index contributed by atoms with van der Waals surface area (Å²) in [6.07, 6.45) is 0. The van der Waals surface area contributed by atoms with Crippen LogP contribution in [0.2, 0.25) is 0 Å². The van der Waals surface area contributed by atoms with Gasteiger partial charge in [-0.15, -0.1) is 22.7 Å². The molecule has 3 nitrogen and oxygen atoms in total. The first-order valence-corrected chi connectivity index (χ1v) is 5.87. The van der Waals surface area contributed by atoms with Crippen molar-refractivity contribution in [3.63, 3.8) is 0 Å². The second kappa shape index (κ2) is 2.58. The predicted molar refractivity (Wildman–Crippen MR) is 58.3 cm³/mol. The van der Waals surface area contributed by atoms with Crippen LogP contribution in [0.5, 0.6) is 5.75 Å². The molecule has 0 saturated carbocycles. The highest BCUT2D eigenvalue weighted by Crippen LogP contribution is 2.47. The number of hydrogen-bond acceptors (Lipinski definition) is 5. The second-order valence-corrected chi connectivity index (χ2v) is 5.00. The monoisotopic (exact) mass is 224 g/mol. The lowest BCUT2D eigenvalue weighted by Crippen LogP contribution is -2.52. The summed E-state index contributed by atoms with van der Waals surface area (Å²) < 4.78 is 5.52. The maximum absolute atomic E-state index is 5.87. The molecule has 4 N–H and O–H groups in total. The fourth-order valence-corrected chi connectivity index (χ4v) is 3.53. The molecule has 0 aromatic carbocycles. The third-order valence-electron chi connectivity index (χ3n) is 2.20. The van der Waals surface area contributed by atoms with Crippen LogP contribution >= 0.6 is 22.7 Å². The molecule has 0 saturated heterocycles. The van der Waals surface area contributed by atoms with E-state index in [1.807, 2.05) is 22.9 Å². The Morgan fingerprint density at radius 3 is 2.64 bits per heavy atom. The summed E-state index contributed by atoms with van der Waals surface area (Å²) in [5.74, 6) is -0.390. The molecular formula is C9H8N2OS2. The fraction of sp³-hybridized carbons (Fsp3) is 0.111. The van der Waals surface area contributed by atoms with E-state index in [9.17, 15) is 0 Å². The normalized spacial score (nSPS) is 17.0. The molecule has 0 fully saturated rings. The maximum atomic E-state index is 5.87. The van der Waals surface area contributed by atoms with Gasteiger partial charge in [0.25, 0.3) is 0 Å². The lowest BCUT2D eigenvalue weighted by atomic mass is 10.1. The highest BCUT2D eigenvalue weighted by Gasteiger charge is 2.35. The molecule has 2 aromatic heterocycles. The zero-order valence-corrected chi connectivity index (χ0v) is 8.82. The van der Waals surface area contributed by atoms with E-state index in [-0.39, 0.29) is 0 Å². The highest BCUT2D eigenvalue weighted by molar-refractivity contribution is 7.20. The molecule has 1 aliphatic rings. The van der Waals surface area contributed by atoms with Gasteiger partial charge in [-0.1, -0.05) is 0 Å². The van der Waals surface area contributed by atoms with Gasteiger partial charge in [-0.2, -0.15) is 0 Å². The van der Waals surface area contributed by atoms with E-state index in [2.05, 4.69) is 0 Å². The first-order chi connectivity index (χ1) is 6.68. The molecule has 3 heterocycles. The van der Waals surface area contributed by atoms with Crippen LogP contribution in [-0.4, -0.2) is 0 Å². The molecule has 1 aliphatic heterocycles. The lowest BCUT2D eigenvalue weighted by Gasteiger charge is -2.30. The van der Waals surface area contributed by atoms with E-state index < -0.39 is 5.85 Å². The van der Waals surface area contributed by atoms with Crippen molar-refractivity contribution in [1.82, 2.24) is 0 Å². The molecule has 72 valence electrons. The highest BCUT2D eigenvalue weighted by atomic mass is 32.1. The van der Waals surface area contributed by atoms with Gasteiger partial charge >= 0.3 is 0 Å². The number of hydrogen-bond donors (Lipinski definition) is 2. The molecule has 0 spiro atoms. The average molecular weight is 224 g/mol. The minimum absolute atomic E-state index is 0.787. The second-order valence-electron chi connectivity index (χ2n) is 3.17. The summed E-state index contributed by atoms with van der Waals surface area (Å²) in [6.45, 7) is 0. The van der Waals surface area contributed by atoms with Gasteiger partial charge in [0.2, 0.25) is 5.85 Å². The number of fused-ring (bicyclic) bond motifs is 3. The van der Waals surface area contributed by atoms with Gasteiger partial charge in [0.05, 0.1) is 9.75 Å². The van der Waals surface area contributed by atoms with Gasteiger partial charge in [0.15, 0.2) is 0 Å². The van der Waals surface area contributed by atoms with E-state index in [1.165, 1.54) is 0 Å². The number of nitrogens with two attached hydrogens (primary N) is 2. The van der Waals surface area contributed by atoms with Crippen LogP contribution in [0.25, 0.3) is 9.75 Å². The standard InChI is InChI=1S/C9H8N2OS2/c10-9(11)5-1-3-13-7(5)8-6(12-9)2-4-14-8/h1-4H,10-11H2. The van der Waals surface area contributed by atoms with Crippen molar-refractivity contribution in [1.29, 1.82) is 0 Å². The number of thiophene rings is 2. The van der Waals surface area contributed by atoms with Crippen molar-refractivity contribution < 1.29 is 4.74 Å². The summed E-state index contributed by atoms with van der Waals surface area (Å²) in [4.78, 5) is 2.26. The maximum Gasteiger partial charge on any atom is 0.241 e. The van der Waals surface area contributed by atoms with Crippen molar-refractivity contribution in [2.75, 3.05) is 0 Å². The molecule has 2 aromatic rings. The summed E-state index contributed by atoms with van der Waals surface area (Å²) >= 11 is 3.29. The molecule has 0 amide bonds. The Morgan fingerprint density at radius 1 is 1.07 bits per heavy atom. The van der Waals surface area contributed by atoms with Crippen molar-refractivity contribution in [2.45, 2.75) is 5.85 Å². The molecular weight excluding hydrogens is 216 g/mol. The SMILES string of the molecule is NC1(N)Oc2ccsc2-c2sccc21. The third-order valence-corrected chi connectivity index (χ3v) is 4.17. The summed E-state index contributed by atoms with van der Waals surface area (Å²) in [5.41, 5.74) is 12.6. The van der Waals surface area contributed by atoms with Crippen LogP contribution < -0.4 is 16.2 Å². The van der Waals surface area contributed by atoms with Crippen LogP contribution in [0, 0.1) is 0 Å². The van der Waals surface area contributed by atoms with Crippen molar-refractivity contribution >= 4 is 22.7 Å². The fourth-order valence-electron chi connectivity index (χ4n) is 1.57. The molecule has 0 atom stereocenters. The zero-order valence-electron chi connectivity index (χ0n) is 7.19. The summed E-state index contributed by atoms with van der Waals surface area (Å²) in [6, 6.07) is 3.82. The van der Waals surface area contributed by atoms with Crippen LogP contribution in [0.4, 0.5) is 0 Å². The van der Waals surface area contributed by atoms with Gasteiger partial charge < -0.3 is 4.74 Å². The van der Waals surface area contributed by atoms with Gasteiger partial charge in [-0.25, -0.2) is 0 Å². The number of ether oxygens (including phenoxy) is 1. The van der Waals surface area contributed by atoms with Crippen molar-refractivity contribution in [3.05, 3.63) is 28.5 Å². The van der Waals surface area contributed by atoms with Gasteiger partial charge in [0.1, 0.15) is 5.75 Å². The van der Waals surface area contributed by atoms with E-state index in [0.29, 0.717) is 0 Å². The molecule has 14 heavy (non-hydrogen) atoms. The Hall–Kier alpha value is -0.880. The molecule has 0 unspecified atom stereocenters. The Labute approximate surface area is 88.9 Å². The lowest BCUT2D eigenvalue weighted by molar-refractivity contribution is 0.0792. The summed E-state index contributed by atoms with van der Waals surface area (Å²) in [7, 11) is 0. The Morgan fingerprint density at radius 2 is 1.79 bits per heavy atom. The van der Waals surface area contributed by atoms with E-state index in [1.54, 1.807) is 22.7 Å². The van der Waals surface area contributed by atoms with Crippen LogP contribution in [0.15, 0.2) is 22.9 Å². The Kier molecular flexibility index (Phi) is 1.55.